The first kappa shape index (κ1) is 11.2. The van der Waals surface area contributed by atoms with Crippen molar-refractivity contribution < 1.29 is 19.8 Å². The van der Waals surface area contributed by atoms with Crippen molar-refractivity contribution in [1.29, 1.82) is 0 Å². The maximum Gasteiger partial charge on any atom is 0.407 e. The van der Waals surface area contributed by atoms with Gasteiger partial charge in [0.05, 0.1) is 12.1 Å². The van der Waals surface area contributed by atoms with Gasteiger partial charge in [0, 0.05) is 19.0 Å². The average molecular weight is 228 g/mol. The Morgan fingerprint density at radius 2 is 1.94 bits per heavy atom. The lowest BCUT2D eigenvalue weighted by molar-refractivity contribution is -0.124. The number of hydrogen-bond donors (Lipinski definition) is 3. The van der Waals surface area contributed by atoms with Crippen LogP contribution < -0.4 is 5.32 Å². The first-order valence-corrected chi connectivity index (χ1v) is 5.54. The van der Waals surface area contributed by atoms with Crippen LogP contribution in [0.3, 0.4) is 0 Å². The number of nitrogens with one attached hydrogen (secondary N) is 1. The summed E-state index contributed by atoms with van der Waals surface area (Å²) in [6, 6.07) is -0.460. The zero-order valence-corrected chi connectivity index (χ0v) is 8.93. The van der Waals surface area contributed by atoms with Gasteiger partial charge in [-0.2, -0.15) is 0 Å². The highest BCUT2D eigenvalue weighted by atomic mass is 16.4. The Morgan fingerprint density at radius 3 is 2.50 bits per heavy atom. The molecule has 2 amide bonds. The van der Waals surface area contributed by atoms with Crippen LogP contribution in [0.25, 0.3) is 0 Å². The second-order valence-electron chi connectivity index (χ2n) is 4.47. The summed E-state index contributed by atoms with van der Waals surface area (Å²) in [6.45, 7) is 0.501. The third-order valence-corrected chi connectivity index (χ3v) is 3.12. The van der Waals surface area contributed by atoms with Gasteiger partial charge in [0.1, 0.15) is 0 Å². The zero-order chi connectivity index (χ0) is 11.7. The summed E-state index contributed by atoms with van der Waals surface area (Å²) in [6.07, 6.45) is 0.534. The molecule has 0 aromatic heterocycles. The lowest BCUT2D eigenvalue weighted by Crippen LogP contribution is -2.56. The summed E-state index contributed by atoms with van der Waals surface area (Å²) < 4.78 is 0. The Kier molecular flexibility index (Phi) is 3.00. The van der Waals surface area contributed by atoms with E-state index in [1.807, 2.05) is 0 Å². The van der Waals surface area contributed by atoms with Crippen LogP contribution in [0.15, 0.2) is 0 Å². The van der Waals surface area contributed by atoms with Gasteiger partial charge in [-0.15, -0.1) is 0 Å². The molecular formula is C10H16N2O4. The molecule has 2 atom stereocenters. The molecule has 1 saturated carbocycles. The molecule has 16 heavy (non-hydrogen) atoms. The van der Waals surface area contributed by atoms with Crippen molar-refractivity contribution in [3.63, 3.8) is 0 Å². The molecule has 6 nitrogen and oxygen atoms in total. The molecule has 0 spiro atoms. The van der Waals surface area contributed by atoms with Crippen molar-refractivity contribution in [2.24, 2.45) is 5.92 Å². The average Bonchev–Trinajstić information content (AvgIpc) is 3.04. The molecule has 1 heterocycles. The van der Waals surface area contributed by atoms with E-state index in [2.05, 4.69) is 5.32 Å². The van der Waals surface area contributed by atoms with E-state index >= 15 is 0 Å². The number of piperidine rings is 1. The van der Waals surface area contributed by atoms with Crippen LogP contribution >= 0.6 is 0 Å². The number of rotatable bonds is 2. The van der Waals surface area contributed by atoms with Crippen molar-refractivity contribution in [2.45, 2.75) is 31.4 Å². The van der Waals surface area contributed by atoms with Crippen molar-refractivity contribution in [1.82, 2.24) is 10.2 Å². The van der Waals surface area contributed by atoms with E-state index in [0.29, 0.717) is 13.0 Å². The van der Waals surface area contributed by atoms with E-state index in [-0.39, 0.29) is 18.4 Å². The molecule has 90 valence electrons. The number of amides is 2. The highest BCUT2D eigenvalue weighted by Gasteiger charge is 2.35. The number of carbonyl (C=O) groups is 2. The van der Waals surface area contributed by atoms with Gasteiger partial charge in [-0.3, -0.25) is 4.79 Å². The van der Waals surface area contributed by atoms with E-state index in [1.54, 1.807) is 0 Å². The van der Waals surface area contributed by atoms with Gasteiger partial charge in [-0.05, 0) is 19.3 Å². The first-order valence-electron chi connectivity index (χ1n) is 5.54. The van der Waals surface area contributed by atoms with Crippen molar-refractivity contribution in [3.05, 3.63) is 0 Å². The minimum Gasteiger partial charge on any atom is -0.465 e. The lowest BCUT2D eigenvalue weighted by atomic mass is 10.0. The fraction of sp³-hybridized carbons (Fsp3) is 0.800. The van der Waals surface area contributed by atoms with E-state index in [9.17, 15) is 14.7 Å². The van der Waals surface area contributed by atoms with Gasteiger partial charge in [0.2, 0.25) is 5.91 Å². The van der Waals surface area contributed by atoms with Gasteiger partial charge in [-0.25, -0.2) is 4.79 Å². The summed E-state index contributed by atoms with van der Waals surface area (Å²) in [5.41, 5.74) is 0. The number of aliphatic hydroxyl groups is 1. The third kappa shape index (κ3) is 2.44. The summed E-state index contributed by atoms with van der Waals surface area (Å²) in [5.74, 6) is 0.0173. The van der Waals surface area contributed by atoms with Gasteiger partial charge in [0.15, 0.2) is 0 Å². The predicted octanol–water partition coefficient (Wildman–Crippen LogP) is -0.374. The second kappa shape index (κ2) is 4.29. The first-order chi connectivity index (χ1) is 7.58. The Labute approximate surface area is 93.2 Å². The summed E-state index contributed by atoms with van der Waals surface area (Å²) >= 11 is 0. The molecule has 2 fully saturated rings. The fourth-order valence-electron chi connectivity index (χ4n) is 1.90. The van der Waals surface area contributed by atoms with Gasteiger partial charge >= 0.3 is 6.09 Å². The van der Waals surface area contributed by atoms with E-state index in [1.165, 1.54) is 4.90 Å². The Hall–Kier alpha value is -1.30. The normalized spacial score (nSPS) is 29.9. The fourth-order valence-corrected chi connectivity index (χ4v) is 1.90. The Morgan fingerprint density at radius 1 is 1.25 bits per heavy atom. The Bertz CT molecular complexity index is 303. The number of likely N-dealkylation sites (tertiary alicyclic amines) is 1. The molecule has 1 aliphatic carbocycles. The van der Waals surface area contributed by atoms with Crippen molar-refractivity contribution in [2.75, 3.05) is 13.1 Å². The molecule has 2 unspecified atom stereocenters. The molecule has 6 heteroatoms. The number of hydrogen-bond acceptors (Lipinski definition) is 3. The predicted molar refractivity (Wildman–Crippen MR) is 54.9 cm³/mol. The number of nitrogens with zero attached hydrogens (tertiary/aromatic N) is 1. The molecule has 2 aliphatic rings. The third-order valence-electron chi connectivity index (χ3n) is 3.12. The molecule has 3 N–H and O–H groups in total. The highest BCUT2D eigenvalue weighted by Crippen LogP contribution is 2.29. The van der Waals surface area contributed by atoms with Crippen LogP contribution in [0.1, 0.15) is 19.3 Å². The quantitative estimate of drug-likeness (QED) is 0.601. The van der Waals surface area contributed by atoms with Crippen LogP contribution in [0.5, 0.6) is 0 Å². The maximum absolute atomic E-state index is 11.5. The van der Waals surface area contributed by atoms with Crippen LogP contribution in [0.2, 0.25) is 0 Å². The lowest BCUT2D eigenvalue weighted by Gasteiger charge is -2.34. The van der Waals surface area contributed by atoms with E-state index < -0.39 is 18.2 Å². The van der Waals surface area contributed by atoms with E-state index in [0.717, 1.165) is 12.8 Å². The smallest absolute Gasteiger partial charge is 0.407 e. The summed E-state index contributed by atoms with van der Waals surface area (Å²) in [4.78, 5) is 23.5. The molecule has 1 aliphatic heterocycles. The monoisotopic (exact) mass is 228 g/mol. The highest BCUT2D eigenvalue weighted by molar-refractivity contribution is 5.81. The SMILES string of the molecule is O=C(NC1CN(C(=O)O)CCC1O)C1CC1. The van der Waals surface area contributed by atoms with Crippen molar-refractivity contribution in [3.8, 4) is 0 Å². The topological polar surface area (TPSA) is 89.9 Å². The molecular weight excluding hydrogens is 212 g/mol. The van der Waals surface area contributed by atoms with Gasteiger partial charge < -0.3 is 20.4 Å². The number of carbonyl (C=O) groups excluding carboxylic acids is 1. The molecule has 0 radical (unpaired) electrons. The number of aliphatic hydroxyl groups excluding tert-OH is 1. The minimum atomic E-state index is -1.00. The van der Waals surface area contributed by atoms with Crippen molar-refractivity contribution >= 4 is 12.0 Å². The molecule has 2 rings (SSSR count). The second-order valence-corrected chi connectivity index (χ2v) is 4.47. The van der Waals surface area contributed by atoms with Crippen LogP contribution in [0, 0.1) is 5.92 Å². The van der Waals surface area contributed by atoms with Crippen LogP contribution in [0.4, 0.5) is 4.79 Å². The molecule has 0 bridgehead atoms. The minimum absolute atomic E-state index is 0.0590. The van der Waals surface area contributed by atoms with Crippen LogP contribution in [-0.2, 0) is 4.79 Å². The van der Waals surface area contributed by atoms with Gasteiger partial charge in [0.25, 0.3) is 0 Å². The zero-order valence-electron chi connectivity index (χ0n) is 8.93. The van der Waals surface area contributed by atoms with Crippen LogP contribution in [-0.4, -0.2) is 52.3 Å². The summed E-state index contributed by atoms with van der Waals surface area (Å²) in [7, 11) is 0. The standard InChI is InChI=1S/C10H16N2O4/c13-8-3-4-12(10(15)16)5-7(8)11-9(14)6-1-2-6/h6-8,13H,1-5H2,(H,11,14)(H,15,16). The van der Waals surface area contributed by atoms with E-state index in [4.69, 9.17) is 5.11 Å². The Balaban J connectivity index is 1.89. The molecule has 0 aromatic rings. The molecule has 1 saturated heterocycles. The molecule has 0 aromatic carbocycles. The van der Waals surface area contributed by atoms with Gasteiger partial charge in [-0.1, -0.05) is 0 Å². The summed E-state index contributed by atoms with van der Waals surface area (Å²) in [5, 5.41) is 21.2. The largest absolute Gasteiger partial charge is 0.465 e. The maximum atomic E-state index is 11.5. The number of carboxylic acid groups (broad SMARTS) is 1.